The number of amides is 1. The number of H-pyrrole nitrogens is 1. The maximum atomic E-state index is 12.6. The number of carbonyl (C=O) groups is 1. The summed E-state index contributed by atoms with van der Waals surface area (Å²) in [4.78, 5) is 12.6. The van der Waals surface area contributed by atoms with E-state index in [-0.39, 0.29) is 29.8 Å². The average Bonchev–Trinajstić information content (AvgIpc) is 2.88. The molecule has 3 aliphatic rings. The Hall–Kier alpha value is -1.11. The van der Waals surface area contributed by atoms with Crippen LogP contribution in [0.2, 0.25) is 0 Å². The van der Waals surface area contributed by atoms with Gasteiger partial charge in [0.05, 0.1) is 6.10 Å². The quantitative estimate of drug-likeness (QED) is 0.777. The number of hydrogen-bond acceptors (Lipinski definition) is 4. The summed E-state index contributed by atoms with van der Waals surface area (Å²) in [5.41, 5.74) is 2.90. The standard InChI is InChI=1S/C16H24N4O2.ClH/c1-2-22-13-8-12(16(13)5-3-6-16)18-15(21)14-10-9-17-7-4-11(10)19-20-14;/h12-13,17H,2-9H2,1H3,(H,18,21)(H,19,20);1H. The fourth-order valence-corrected chi connectivity index (χ4v) is 4.28. The monoisotopic (exact) mass is 340 g/mol. The predicted molar refractivity (Wildman–Crippen MR) is 88.8 cm³/mol. The minimum absolute atomic E-state index is 0. The molecule has 1 aliphatic heterocycles. The van der Waals surface area contributed by atoms with Gasteiger partial charge in [0.2, 0.25) is 0 Å². The largest absolute Gasteiger partial charge is 0.378 e. The fourth-order valence-electron chi connectivity index (χ4n) is 4.28. The SMILES string of the molecule is CCOC1CC(NC(=O)c2n[nH]c3c2CNCC3)C12CCC2.Cl. The zero-order chi connectivity index (χ0) is 15.2. The third-order valence-corrected chi connectivity index (χ3v) is 5.76. The Bertz CT molecular complexity index is 585. The van der Waals surface area contributed by atoms with Crippen LogP contribution < -0.4 is 10.6 Å². The van der Waals surface area contributed by atoms with Crippen molar-refractivity contribution >= 4 is 18.3 Å². The van der Waals surface area contributed by atoms with Crippen molar-refractivity contribution in [2.24, 2.45) is 5.41 Å². The smallest absolute Gasteiger partial charge is 0.272 e. The molecule has 1 aromatic rings. The van der Waals surface area contributed by atoms with E-state index in [4.69, 9.17) is 4.74 Å². The second-order valence-electron chi connectivity index (χ2n) is 6.75. The van der Waals surface area contributed by atoms with E-state index < -0.39 is 0 Å². The van der Waals surface area contributed by atoms with Crippen LogP contribution in [0.5, 0.6) is 0 Å². The maximum absolute atomic E-state index is 12.6. The third-order valence-electron chi connectivity index (χ3n) is 5.76. The summed E-state index contributed by atoms with van der Waals surface area (Å²) in [5.74, 6) is -0.0348. The number of fused-ring (bicyclic) bond motifs is 1. The van der Waals surface area contributed by atoms with E-state index in [1.165, 1.54) is 19.3 Å². The van der Waals surface area contributed by atoms with Crippen LogP contribution in [0.15, 0.2) is 0 Å². The van der Waals surface area contributed by atoms with Gasteiger partial charge < -0.3 is 15.4 Å². The summed E-state index contributed by atoms with van der Waals surface area (Å²) in [7, 11) is 0. The Morgan fingerprint density at radius 1 is 1.48 bits per heavy atom. The van der Waals surface area contributed by atoms with Crippen molar-refractivity contribution in [1.29, 1.82) is 0 Å². The number of halogens is 1. The highest BCUT2D eigenvalue weighted by atomic mass is 35.5. The van der Waals surface area contributed by atoms with Crippen LogP contribution in [-0.2, 0) is 17.7 Å². The molecule has 2 aliphatic carbocycles. The third kappa shape index (κ3) is 2.57. The number of nitrogens with one attached hydrogen (secondary N) is 3. The Labute approximate surface area is 142 Å². The van der Waals surface area contributed by atoms with Crippen LogP contribution in [0.3, 0.4) is 0 Å². The molecule has 0 aromatic carbocycles. The van der Waals surface area contributed by atoms with E-state index in [0.717, 1.165) is 43.8 Å². The highest BCUT2D eigenvalue weighted by Crippen LogP contribution is 2.57. The van der Waals surface area contributed by atoms with Crippen LogP contribution in [0.1, 0.15) is 54.4 Å². The van der Waals surface area contributed by atoms with Gasteiger partial charge in [-0.25, -0.2) is 0 Å². The van der Waals surface area contributed by atoms with E-state index in [0.29, 0.717) is 11.8 Å². The summed E-state index contributed by atoms with van der Waals surface area (Å²) in [6.07, 6.45) is 5.76. The molecular formula is C16H25ClN4O2. The minimum atomic E-state index is -0.0348. The summed E-state index contributed by atoms with van der Waals surface area (Å²) >= 11 is 0. The Balaban J connectivity index is 0.00000156. The number of ether oxygens (including phenoxy) is 1. The lowest BCUT2D eigenvalue weighted by atomic mass is 9.51. The van der Waals surface area contributed by atoms with Crippen molar-refractivity contribution in [1.82, 2.24) is 20.8 Å². The van der Waals surface area contributed by atoms with Gasteiger partial charge in [-0.05, 0) is 26.2 Å². The van der Waals surface area contributed by atoms with Gasteiger partial charge in [0, 0.05) is 48.8 Å². The van der Waals surface area contributed by atoms with Crippen molar-refractivity contribution in [3.63, 3.8) is 0 Å². The van der Waals surface area contributed by atoms with Gasteiger partial charge in [-0.3, -0.25) is 9.89 Å². The molecule has 7 heteroatoms. The molecule has 0 saturated heterocycles. The Kier molecular flexibility index (Phi) is 4.67. The molecule has 2 unspecified atom stereocenters. The first-order chi connectivity index (χ1) is 10.7. The number of aromatic nitrogens is 2. The molecular weight excluding hydrogens is 316 g/mol. The molecule has 23 heavy (non-hydrogen) atoms. The first-order valence-corrected chi connectivity index (χ1v) is 8.44. The number of carbonyl (C=O) groups excluding carboxylic acids is 1. The lowest BCUT2D eigenvalue weighted by Gasteiger charge is -2.60. The number of nitrogens with zero attached hydrogens (tertiary/aromatic N) is 1. The van der Waals surface area contributed by atoms with Gasteiger partial charge >= 0.3 is 0 Å². The highest BCUT2D eigenvalue weighted by Gasteiger charge is 2.59. The average molecular weight is 341 g/mol. The lowest BCUT2D eigenvalue weighted by Crippen LogP contribution is -2.67. The first kappa shape index (κ1) is 16.7. The second-order valence-corrected chi connectivity index (χ2v) is 6.75. The van der Waals surface area contributed by atoms with Gasteiger partial charge in [-0.1, -0.05) is 6.42 Å². The van der Waals surface area contributed by atoms with Crippen molar-refractivity contribution < 1.29 is 9.53 Å². The molecule has 2 fully saturated rings. The van der Waals surface area contributed by atoms with E-state index in [1.54, 1.807) is 0 Å². The lowest BCUT2D eigenvalue weighted by molar-refractivity contribution is -0.169. The van der Waals surface area contributed by atoms with Crippen LogP contribution in [0.4, 0.5) is 0 Å². The van der Waals surface area contributed by atoms with Crippen molar-refractivity contribution in [2.45, 2.75) is 57.7 Å². The molecule has 6 nitrogen and oxygen atoms in total. The van der Waals surface area contributed by atoms with Gasteiger partial charge in [0.25, 0.3) is 5.91 Å². The van der Waals surface area contributed by atoms with Crippen molar-refractivity contribution in [3.05, 3.63) is 17.0 Å². The van der Waals surface area contributed by atoms with Gasteiger partial charge in [0.1, 0.15) is 0 Å². The second kappa shape index (κ2) is 6.42. The van der Waals surface area contributed by atoms with E-state index in [9.17, 15) is 4.79 Å². The molecule has 0 bridgehead atoms. The van der Waals surface area contributed by atoms with Gasteiger partial charge in [-0.2, -0.15) is 5.10 Å². The van der Waals surface area contributed by atoms with E-state index in [2.05, 4.69) is 20.8 Å². The fraction of sp³-hybridized carbons (Fsp3) is 0.750. The van der Waals surface area contributed by atoms with E-state index >= 15 is 0 Å². The van der Waals surface area contributed by atoms with Gasteiger partial charge in [-0.15, -0.1) is 12.4 Å². The molecule has 0 radical (unpaired) electrons. The van der Waals surface area contributed by atoms with Crippen LogP contribution in [-0.4, -0.2) is 41.4 Å². The Morgan fingerprint density at radius 3 is 3.00 bits per heavy atom. The van der Waals surface area contributed by atoms with Crippen molar-refractivity contribution in [2.75, 3.05) is 13.2 Å². The van der Waals surface area contributed by atoms with Crippen LogP contribution in [0.25, 0.3) is 0 Å². The highest BCUT2D eigenvalue weighted by molar-refractivity contribution is 5.94. The maximum Gasteiger partial charge on any atom is 0.272 e. The van der Waals surface area contributed by atoms with Crippen molar-refractivity contribution in [3.8, 4) is 0 Å². The number of hydrogen-bond donors (Lipinski definition) is 3. The molecule has 1 spiro atoms. The summed E-state index contributed by atoms with van der Waals surface area (Å²) in [6, 6.07) is 0.245. The first-order valence-electron chi connectivity index (χ1n) is 8.44. The molecule has 128 valence electrons. The summed E-state index contributed by atoms with van der Waals surface area (Å²) in [6.45, 7) is 4.47. The molecule has 2 heterocycles. The minimum Gasteiger partial charge on any atom is -0.378 e. The predicted octanol–water partition coefficient (Wildman–Crippen LogP) is 1.55. The van der Waals surface area contributed by atoms with Gasteiger partial charge in [0.15, 0.2) is 5.69 Å². The zero-order valence-corrected chi connectivity index (χ0v) is 14.3. The molecule has 1 aromatic heterocycles. The molecule has 3 N–H and O–H groups in total. The molecule has 2 atom stereocenters. The molecule has 1 amide bonds. The normalized spacial score (nSPS) is 27.3. The van der Waals surface area contributed by atoms with Crippen LogP contribution >= 0.6 is 12.4 Å². The molecule has 4 rings (SSSR count). The Morgan fingerprint density at radius 2 is 2.30 bits per heavy atom. The summed E-state index contributed by atoms with van der Waals surface area (Å²) < 4.78 is 5.85. The topological polar surface area (TPSA) is 79.0 Å². The molecule has 2 saturated carbocycles. The van der Waals surface area contributed by atoms with E-state index in [1.807, 2.05) is 6.92 Å². The van der Waals surface area contributed by atoms with Crippen LogP contribution in [0, 0.1) is 5.41 Å². The summed E-state index contributed by atoms with van der Waals surface area (Å²) in [5, 5.41) is 13.8. The number of aromatic amines is 1. The number of rotatable bonds is 4. The zero-order valence-electron chi connectivity index (χ0n) is 13.5.